The molecule has 2 atom stereocenters. The highest BCUT2D eigenvalue weighted by Gasteiger charge is 2.20. The summed E-state index contributed by atoms with van der Waals surface area (Å²) in [6.07, 6.45) is 1.91. The van der Waals surface area contributed by atoms with Crippen LogP contribution < -0.4 is 5.32 Å². The number of benzene rings is 1. The molecular formula is C18H27NO3. The molecular weight excluding hydrogens is 278 g/mol. The van der Waals surface area contributed by atoms with Crippen molar-refractivity contribution < 1.29 is 14.7 Å². The number of carbonyl (C=O) groups is 2. The largest absolute Gasteiger partial charge is 0.481 e. The molecule has 1 aromatic carbocycles. The van der Waals surface area contributed by atoms with Crippen LogP contribution in [-0.2, 0) is 9.59 Å². The maximum Gasteiger partial charge on any atom is 0.303 e. The molecule has 0 fully saturated rings. The second-order valence-electron chi connectivity index (χ2n) is 6.08. The molecule has 2 unspecified atom stereocenters. The highest BCUT2D eigenvalue weighted by atomic mass is 16.4. The molecule has 0 aliphatic carbocycles. The molecule has 0 heterocycles. The van der Waals surface area contributed by atoms with Gasteiger partial charge >= 0.3 is 5.97 Å². The summed E-state index contributed by atoms with van der Waals surface area (Å²) < 4.78 is 0. The first-order valence-electron chi connectivity index (χ1n) is 8.00. The van der Waals surface area contributed by atoms with E-state index in [0.29, 0.717) is 24.7 Å². The molecule has 1 amide bonds. The van der Waals surface area contributed by atoms with Gasteiger partial charge in [-0.25, -0.2) is 0 Å². The number of hydrogen-bond acceptors (Lipinski definition) is 2. The molecule has 0 bridgehead atoms. The fraction of sp³-hybridized carbons (Fsp3) is 0.556. The Morgan fingerprint density at radius 3 is 2.32 bits per heavy atom. The van der Waals surface area contributed by atoms with Gasteiger partial charge in [-0.1, -0.05) is 57.5 Å². The molecule has 0 aromatic heterocycles. The van der Waals surface area contributed by atoms with Gasteiger partial charge in [0.2, 0.25) is 5.91 Å². The molecule has 4 heteroatoms. The smallest absolute Gasteiger partial charge is 0.303 e. The first kappa shape index (κ1) is 18.2. The normalized spacial score (nSPS) is 13.6. The number of carboxylic acids is 1. The Hall–Kier alpha value is -1.84. The average molecular weight is 305 g/mol. The second kappa shape index (κ2) is 9.23. The van der Waals surface area contributed by atoms with Gasteiger partial charge in [-0.2, -0.15) is 0 Å². The Morgan fingerprint density at radius 2 is 1.82 bits per heavy atom. The maximum atomic E-state index is 12.3. The van der Waals surface area contributed by atoms with Crippen LogP contribution in [0.4, 0.5) is 0 Å². The number of carbonyl (C=O) groups excluding carboxylic acids is 1. The minimum absolute atomic E-state index is 0.000193. The van der Waals surface area contributed by atoms with Crippen LogP contribution in [0.15, 0.2) is 30.3 Å². The number of carboxylic acid groups (broad SMARTS) is 1. The van der Waals surface area contributed by atoms with Crippen LogP contribution in [0.5, 0.6) is 0 Å². The van der Waals surface area contributed by atoms with Crippen molar-refractivity contribution in [1.82, 2.24) is 5.32 Å². The third kappa shape index (κ3) is 6.29. The Labute approximate surface area is 132 Å². The van der Waals surface area contributed by atoms with E-state index in [1.165, 1.54) is 0 Å². The zero-order valence-corrected chi connectivity index (χ0v) is 13.7. The lowest BCUT2D eigenvalue weighted by Crippen LogP contribution is -2.31. The lowest BCUT2D eigenvalue weighted by atomic mass is 9.89. The van der Waals surface area contributed by atoms with E-state index < -0.39 is 5.97 Å². The number of hydrogen-bond donors (Lipinski definition) is 2. The van der Waals surface area contributed by atoms with E-state index in [1.807, 2.05) is 30.3 Å². The van der Waals surface area contributed by atoms with Crippen LogP contribution >= 0.6 is 0 Å². The average Bonchev–Trinajstić information content (AvgIpc) is 2.49. The zero-order chi connectivity index (χ0) is 16.5. The molecule has 4 nitrogen and oxygen atoms in total. The van der Waals surface area contributed by atoms with Gasteiger partial charge in [0, 0.05) is 12.8 Å². The molecule has 1 rings (SSSR count). The van der Waals surface area contributed by atoms with Crippen molar-refractivity contribution in [2.75, 3.05) is 0 Å². The molecule has 0 saturated heterocycles. The van der Waals surface area contributed by atoms with E-state index in [9.17, 15) is 9.59 Å². The van der Waals surface area contributed by atoms with Crippen LogP contribution in [0.1, 0.15) is 58.1 Å². The zero-order valence-electron chi connectivity index (χ0n) is 13.7. The second-order valence-corrected chi connectivity index (χ2v) is 6.08. The van der Waals surface area contributed by atoms with Gasteiger partial charge in [0.15, 0.2) is 0 Å². The summed E-state index contributed by atoms with van der Waals surface area (Å²) in [4.78, 5) is 23.1. The highest BCUT2D eigenvalue weighted by molar-refractivity contribution is 5.77. The van der Waals surface area contributed by atoms with E-state index in [1.54, 1.807) is 0 Å². The first-order valence-corrected chi connectivity index (χ1v) is 8.00. The topological polar surface area (TPSA) is 66.4 Å². The number of nitrogens with one attached hydrogen (secondary N) is 1. The summed E-state index contributed by atoms with van der Waals surface area (Å²) in [5, 5.41) is 11.9. The number of aliphatic carboxylic acids is 1. The van der Waals surface area contributed by atoms with Crippen LogP contribution in [0.25, 0.3) is 0 Å². The van der Waals surface area contributed by atoms with Gasteiger partial charge in [0.05, 0.1) is 6.04 Å². The number of amides is 1. The van der Waals surface area contributed by atoms with Gasteiger partial charge in [0.1, 0.15) is 0 Å². The summed E-state index contributed by atoms with van der Waals surface area (Å²) in [5.74, 6) is -0.0237. The Kier molecular flexibility index (Phi) is 7.64. The lowest BCUT2D eigenvalue weighted by Gasteiger charge is -2.22. The van der Waals surface area contributed by atoms with Crippen molar-refractivity contribution in [2.24, 2.45) is 11.8 Å². The van der Waals surface area contributed by atoms with Crippen LogP contribution in [-0.4, -0.2) is 17.0 Å². The fourth-order valence-electron chi connectivity index (χ4n) is 2.62. The molecule has 1 aromatic rings. The maximum absolute atomic E-state index is 12.3. The first-order chi connectivity index (χ1) is 10.4. The van der Waals surface area contributed by atoms with Crippen LogP contribution in [0.3, 0.4) is 0 Å². The van der Waals surface area contributed by atoms with Gasteiger partial charge in [-0.3, -0.25) is 9.59 Å². The summed E-state index contributed by atoms with van der Waals surface area (Å²) in [5.41, 5.74) is 0.953. The molecule has 0 aliphatic heterocycles. The van der Waals surface area contributed by atoms with Crippen LogP contribution in [0, 0.1) is 11.8 Å². The molecule has 0 aliphatic rings. The van der Waals surface area contributed by atoms with Gasteiger partial charge in [-0.15, -0.1) is 0 Å². The minimum Gasteiger partial charge on any atom is -0.481 e. The number of rotatable bonds is 9. The molecule has 0 spiro atoms. The van der Waals surface area contributed by atoms with Crippen molar-refractivity contribution >= 4 is 11.9 Å². The summed E-state index contributed by atoms with van der Waals surface area (Å²) in [6.45, 7) is 6.35. The third-order valence-electron chi connectivity index (χ3n) is 4.10. The molecule has 122 valence electrons. The van der Waals surface area contributed by atoms with Crippen molar-refractivity contribution in [2.45, 2.75) is 52.5 Å². The molecule has 0 saturated carbocycles. The standard InChI is InChI=1S/C18H27NO3/c1-4-14(13(2)3)12-17(20)19-16(10-11-18(21)22)15-8-6-5-7-9-15/h5-9,13-14,16H,4,10-12H2,1-3H3,(H,19,20)(H,21,22). The third-order valence-corrected chi connectivity index (χ3v) is 4.10. The molecule has 0 radical (unpaired) electrons. The van der Waals surface area contributed by atoms with E-state index in [2.05, 4.69) is 26.1 Å². The SMILES string of the molecule is CCC(CC(=O)NC(CCC(=O)O)c1ccccc1)C(C)C. The summed E-state index contributed by atoms with van der Waals surface area (Å²) >= 11 is 0. The predicted octanol–water partition coefficient (Wildman–Crippen LogP) is 3.78. The Bertz CT molecular complexity index is 470. The Balaban J connectivity index is 2.71. The van der Waals surface area contributed by atoms with E-state index in [-0.39, 0.29) is 18.4 Å². The minimum atomic E-state index is -0.844. The van der Waals surface area contributed by atoms with Crippen LogP contribution in [0.2, 0.25) is 0 Å². The van der Waals surface area contributed by atoms with Crippen molar-refractivity contribution in [3.63, 3.8) is 0 Å². The van der Waals surface area contributed by atoms with E-state index >= 15 is 0 Å². The lowest BCUT2D eigenvalue weighted by molar-refractivity contribution is -0.137. The predicted molar refractivity (Wildman–Crippen MR) is 87.4 cm³/mol. The van der Waals surface area contributed by atoms with Gasteiger partial charge in [-0.05, 0) is 23.8 Å². The van der Waals surface area contributed by atoms with Gasteiger partial charge < -0.3 is 10.4 Å². The summed E-state index contributed by atoms with van der Waals surface area (Å²) in [7, 11) is 0. The molecule has 2 N–H and O–H groups in total. The highest BCUT2D eigenvalue weighted by Crippen LogP contribution is 2.22. The van der Waals surface area contributed by atoms with Crippen molar-refractivity contribution in [1.29, 1.82) is 0 Å². The monoisotopic (exact) mass is 305 g/mol. The van der Waals surface area contributed by atoms with Crippen molar-refractivity contribution in [3.05, 3.63) is 35.9 Å². The molecule has 22 heavy (non-hydrogen) atoms. The fourth-order valence-corrected chi connectivity index (χ4v) is 2.62. The van der Waals surface area contributed by atoms with E-state index in [0.717, 1.165) is 12.0 Å². The quantitative estimate of drug-likeness (QED) is 0.729. The van der Waals surface area contributed by atoms with Gasteiger partial charge in [0.25, 0.3) is 0 Å². The summed E-state index contributed by atoms with van der Waals surface area (Å²) in [6, 6.07) is 9.32. The Morgan fingerprint density at radius 1 is 1.18 bits per heavy atom. The van der Waals surface area contributed by atoms with E-state index in [4.69, 9.17) is 5.11 Å². The van der Waals surface area contributed by atoms with Crippen molar-refractivity contribution in [3.8, 4) is 0 Å².